The zero-order chi connectivity index (χ0) is 17.4. The van der Waals surface area contributed by atoms with Gasteiger partial charge in [0, 0.05) is 39.3 Å². The number of nitrogens with one attached hydrogen (secondary N) is 2. The van der Waals surface area contributed by atoms with Crippen LogP contribution in [0.15, 0.2) is 4.99 Å². The fourth-order valence-corrected chi connectivity index (χ4v) is 3.32. The van der Waals surface area contributed by atoms with Crippen molar-refractivity contribution in [3.63, 3.8) is 0 Å². The van der Waals surface area contributed by atoms with E-state index in [4.69, 9.17) is 4.74 Å². The van der Waals surface area contributed by atoms with E-state index in [2.05, 4.69) is 39.4 Å². The van der Waals surface area contributed by atoms with E-state index in [-0.39, 0.29) is 24.0 Å². The topological polar surface area (TPSA) is 72.4 Å². The highest BCUT2D eigenvalue weighted by molar-refractivity contribution is 14.0. The largest absolute Gasteiger partial charge is 0.387 e. The van der Waals surface area contributed by atoms with Gasteiger partial charge in [-0.1, -0.05) is 0 Å². The first-order valence-electron chi connectivity index (χ1n) is 9.22. The molecule has 0 radical (unpaired) electrons. The zero-order valence-corrected chi connectivity index (χ0v) is 18.3. The number of hydrogen-bond donors (Lipinski definition) is 3. The number of rotatable bonds is 7. The molecule has 0 aromatic carbocycles. The van der Waals surface area contributed by atoms with Gasteiger partial charge in [0.15, 0.2) is 5.96 Å². The minimum atomic E-state index is -0.826. The van der Waals surface area contributed by atoms with Crippen molar-refractivity contribution in [2.75, 3.05) is 72.6 Å². The Morgan fingerprint density at radius 2 is 2.00 bits per heavy atom. The zero-order valence-electron chi connectivity index (χ0n) is 16.0. The Bertz CT molecular complexity index is 402. The van der Waals surface area contributed by atoms with Crippen LogP contribution >= 0.6 is 24.0 Å². The lowest BCUT2D eigenvalue weighted by molar-refractivity contribution is -0.0179. The van der Waals surface area contributed by atoms with Gasteiger partial charge in [0.2, 0.25) is 0 Å². The van der Waals surface area contributed by atoms with Gasteiger partial charge in [-0.3, -0.25) is 9.89 Å². The second-order valence-electron chi connectivity index (χ2n) is 7.38. The molecular weight excluding hydrogens is 433 g/mol. The molecule has 0 aromatic heterocycles. The molecule has 0 aliphatic carbocycles. The summed E-state index contributed by atoms with van der Waals surface area (Å²) < 4.78 is 5.36. The van der Waals surface area contributed by atoms with Gasteiger partial charge in [-0.15, -0.1) is 24.0 Å². The van der Waals surface area contributed by atoms with Crippen molar-refractivity contribution in [3.05, 3.63) is 0 Å². The first kappa shape index (κ1) is 22.9. The van der Waals surface area contributed by atoms with E-state index >= 15 is 0 Å². The predicted octanol–water partition coefficient (Wildman–Crippen LogP) is 0.194. The molecule has 8 heteroatoms. The molecule has 25 heavy (non-hydrogen) atoms. The van der Waals surface area contributed by atoms with Crippen molar-refractivity contribution in [3.8, 4) is 0 Å². The molecular formula is C17H36IN5O2. The fourth-order valence-electron chi connectivity index (χ4n) is 3.32. The molecule has 2 heterocycles. The van der Waals surface area contributed by atoms with E-state index in [0.29, 0.717) is 19.0 Å². The van der Waals surface area contributed by atoms with E-state index in [1.54, 1.807) is 0 Å². The maximum absolute atomic E-state index is 10.6. The summed E-state index contributed by atoms with van der Waals surface area (Å²) in [6.45, 7) is 12.3. The Labute approximate surface area is 169 Å². The van der Waals surface area contributed by atoms with Crippen LogP contribution in [-0.2, 0) is 4.74 Å². The number of guanidine groups is 1. The Hall–Kier alpha value is -0.160. The third-order valence-electron chi connectivity index (χ3n) is 4.64. The predicted molar refractivity (Wildman–Crippen MR) is 113 cm³/mol. The first-order valence-corrected chi connectivity index (χ1v) is 9.22. The highest BCUT2D eigenvalue weighted by Gasteiger charge is 2.25. The van der Waals surface area contributed by atoms with Crippen LogP contribution in [0.25, 0.3) is 0 Å². The van der Waals surface area contributed by atoms with E-state index in [0.717, 1.165) is 51.9 Å². The van der Waals surface area contributed by atoms with E-state index in [1.165, 1.54) is 13.0 Å². The number of aliphatic hydroxyl groups is 1. The van der Waals surface area contributed by atoms with Crippen molar-refractivity contribution in [2.24, 2.45) is 10.9 Å². The lowest BCUT2D eigenvalue weighted by Gasteiger charge is -2.33. The highest BCUT2D eigenvalue weighted by Crippen LogP contribution is 2.13. The maximum Gasteiger partial charge on any atom is 0.191 e. The quantitative estimate of drug-likeness (QED) is 0.281. The number of likely N-dealkylation sites (tertiary alicyclic amines) is 1. The van der Waals surface area contributed by atoms with Crippen molar-refractivity contribution < 1.29 is 9.84 Å². The van der Waals surface area contributed by atoms with E-state index < -0.39 is 5.60 Å². The van der Waals surface area contributed by atoms with Crippen molar-refractivity contribution in [1.82, 2.24) is 20.4 Å². The molecule has 2 aliphatic heterocycles. The van der Waals surface area contributed by atoms with Gasteiger partial charge in [-0.25, -0.2) is 0 Å². The van der Waals surface area contributed by atoms with Crippen LogP contribution in [0.4, 0.5) is 0 Å². The first-order chi connectivity index (χ1) is 11.5. The summed E-state index contributed by atoms with van der Waals surface area (Å²) in [7, 11) is 2.17. The molecule has 0 aromatic rings. The van der Waals surface area contributed by atoms with Crippen molar-refractivity contribution in [2.45, 2.75) is 25.9 Å². The number of ether oxygens (including phenoxy) is 1. The molecule has 2 unspecified atom stereocenters. The Morgan fingerprint density at radius 3 is 2.60 bits per heavy atom. The summed E-state index contributed by atoms with van der Waals surface area (Å²) >= 11 is 0. The molecule has 2 aliphatic rings. The second kappa shape index (κ2) is 11.5. The van der Waals surface area contributed by atoms with Crippen molar-refractivity contribution >= 4 is 29.9 Å². The fraction of sp³-hybridized carbons (Fsp3) is 0.941. The van der Waals surface area contributed by atoms with Crippen LogP contribution in [0.5, 0.6) is 0 Å². The number of morpholine rings is 1. The van der Waals surface area contributed by atoms with Crippen LogP contribution in [0.1, 0.15) is 20.3 Å². The smallest absolute Gasteiger partial charge is 0.191 e. The minimum absolute atomic E-state index is 0. The third-order valence-corrected chi connectivity index (χ3v) is 4.64. The molecule has 2 atom stereocenters. The molecule has 7 nitrogen and oxygen atoms in total. The molecule has 0 amide bonds. The van der Waals surface area contributed by atoms with Crippen molar-refractivity contribution in [1.29, 1.82) is 0 Å². The van der Waals surface area contributed by atoms with Crippen LogP contribution in [0, 0.1) is 5.92 Å². The third kappa shape index (κ3) is 8.85. The number of β-amino-alcohol motifs (C(OH)–C–C–N with tert-alkyl or cyclic N) is 1. The number of aliphatic imine (C=N–C) groups is 1. The molecule has 2 fully saturated rings. The minimum Gasteiger partial charge on any atom is -0.387 e. The van der Waals surface area contributed by atoms with Crippen LogP contribution in [-0.4, -0.2) is 99.1 Å². The van der Waals surface area contributed by atoms with Gasteiger partial charge in [-0.2, -0.15) is 0 Å². The van der Waals surface area contributed by atoms with Gasteiger partial charge in [0.05, 0.1) is 25.4 Å². The second-order valence-corrected chi connectivity index (χ2v) is 7.38. The SMILES string of the molecule is CCNC(=NCC(C)(O)CN1CCOCC1)NCC1CCN(C)C1.I. The monoisotopic (exact) mass is 469 g/mol. The molecule has 2 rings (SSSR count). The highest BCUT2D eigenvalue weighted by atomic mass is 127. The number of nitrogens with zero attached hydrogens (tertiary/aromatic N) is 3. The molecule has 0 spiro atoms. The summed E-state index contributed by atoms with van der Waals surface area (Å²) in [4.78, 5) is 9.21. The molecule has 2 saturated heterocycles. The summed E-state index contributed by atoms with van der Waals surface area (Å²) in [5.41, 5.74) is -0.826. The Kier molecular flexibility index (Phi) is 10.6. The Balaban J connectivity index is 0.00000312. The summed E-state index contributed by atoms with van der Waals surface area (Å²) in [5.74, 6) is 1.47. The lowest BCUT2D eigenvalue weighted by Crippen LogP contribution is -2.48. The van der Waals surface area contributed by atoms with Gasteiger partial charge in [-0.05, 0) is 39.8 Å². The van der Waals surface area contributed by atoms with Crippen LogP contribution in [0.3, 0.4) is 0 Å². The summed E-state index contributed by atoms with van der Waals surface area (Å²) in [5, 5.41) is 17.3. The summed E-state index contributed by atoms with van der Waals surface area (Å²) in [6, 6.07) is 0. The van der Waals surface area contributed by atoms with E-state index in [1.807, 2.05) is 6.92 Å². The molecule has 148 valence electrons. The molecule has 3 N–H and O–H groups in total. The molecule has 0 bridgehead atoms. The maximum atomic E-state index is 10.6. The van der Waals surface area contributed by atoms with Crippen LogP contribution < -0.4 is 10.6 Å². The van der Waals surface area contributed by atoms with Gasteiger partial charge >= 0.3 is 0 Å². The molecule has 0 saturated carbocycles. The van der Waals surface area contributed by atoms with Crippen LogP contribution in [0.2, 0.25) is 0 Å². The summed E-state index contributed by atoms with van der Waals surface area (Å²) in [6.07, 6.45) is 1.23. The average Bonchev–Trinajstić information content (AvgIpc) is 2.96. The number of hydrogen-bond acceptors (Lipinski definition) is 5. The normalized spacial score (nSPS) is 25.3. The number of halogens is 1. The Morgan fingerprint density at radius 1 is 1.28 bits per heavy atom. The van der Waals surface area contributed by atoms with Gasteiger partial charge in [0.1, 0.15) is 0 Å². The van der Waals surface area contributed by atoms with E-state index in [9.17, 15) is 5.11 Å². The lowest BCUT2D eigenvalue weighted by atomic mass is 10.1. The van der Waals surface area contributed by atoms with Gasteiger partial charge < -0.3 is 25.4 Å². The van der Waals surface area contributed by atoms with Gasteiger partial charge in [0.25, 0.3) is 0 Å². The standard InChI is InChI=1S/C17H35N5O2.HI/c1-4-18-16(19-11-15-5-6-21(3)12-15)20-13-17(2,23)14-22-7-9-24-10-8-22;/h15,23H,4-14H2,1-3H3,(H2,18,19,20);1H. The average molecular weight is 469 g/mol.